The van der Waals surface area contributed by atoms with E-state index in [4.69, 9.17) is 15.0 Å². The van der Waals surface area contributed by atoms with Crippen LogP contribution in [0.5, 0.6) is 0 Å². The van der Waals surface area contributed by atoms with Gasteiger partial charge in [0.1, 0.15) is 0 Å². The molecule has 8 aromatic carbocycles. The van der Waals surface area contributed by atoms with E-state index < -0.39 is 0 Å². The lowest BCUT2D eigenvalue weighted by atomic mass is 9.87. The molecular weight excluding hydrogens is 558 g/mol. The third kappa shape index (κ3) is 4.33. The maximum absolute atomic E-state index is 5.15. The second-order valence-corrected chi connectivity index (χ2v) is 11.6. The average molecular weight is 586 g/mol. The van der Waals surface area contributed by atoms with E-state index in [1.807, 2.05) is 36.4 Å². The lowest BCUT2D eigenvalue weighted by Crippen LogP contribution is -2.01. The predicted octanol–water partition coefficient (Wildman–Crippen LogP) is 11.2. The fourth-order valence-corrected chi connectivity index (χ4v) is 6.76. The summed E-state index contributed by atoms with van der Waals surface area (Å²) in [4.78, 5) is 15.3. The van der Waals surface area contributed by atoms with Gasteiger partial charge in [-0.05, 0) is 60.3 Å². The molecule has 0 saturated heterocycles. The molecule has 3 nitrogen and oxygen atoms in total. The van der Waals surface area contributed by atoms with E-state index in [2.05, 4.69) is 127 Å². The van der Waals surface area contributed by atoms with E-state index in [9.17, 15) is 0 Å². The summed E-state index contributed by atoms with van der Waals surface area (Å²) in [6.07, 6.45) is 0. The van der Waals surface area contributed by atoms with Gasteiger partial charge in [-0.25, -0.2) is 15.0 Å². The van der Waals surface area contributed by atoms with E-state index in [0.29, 0.717) is 17.5 Å². The van der Waals surface area contributed by atoms with Crippen LogP contribution in [0.25, 0.3) is 88.4 Å². The highest BCUT2D eigenvalue weighted by Crippen LogP contribution is 2.44. The summed E-state index contributed by atoms with van der Waals surface area (Å²) in [7, 11) is 0. The van der Waals surface area contributed by atoms with Gasteiger partial charge in [0.2, 0.25) is 0 Å². The van der Waals surface area contributed by atoms with Crippen LogP contribution in [-0.2, 0) is 0 Å². The Bertz CT molecular complexity index is 2460. The molecule has 0 aliphatic rings. The minimum atomic E-state index is 0.656. The molecule has 0 aliphatic carbocycles. The number of benzene rings is 8. The maximum atomic E-state index is 5.15. The second-order valence-electron chi connectivity index (χ2n) is 11.6. The summed E-state index contributed by atoms with van der Waals surface area (Å²) in [5, 5.41) is 9.55. The SMILES string of the molecule is c1ccc(-c2nc(-c3ccccc3)nc(-c3c4ccccc4c(-c4ccc5ccc6ccccc6c5c4)c4ccccc34)n2)cc1. The van der Waals surface area contributed by atoms with Crippen LogP contribution >= 0.6 is 0 Å². The quantitative estimate of drug-likeness (QED) is 0.152. The van der Waals surface area contributed by atoms with Crippen molar-refractivity contribution >= 4 is 43.1 Å². The van der Waals surface area contributed by atoms with Crippen LogP contribution in [0.2, 0.25) is 0 Å². The van der Waals surface area contributed by atoms with E-state index in [1.165, 1.54) is 43.4 Å². The molecule has 0 aliphatic heterocycles. The van der Waals surface area contributed by atoms with Crippen molar-refractivity contribution in [1.82, 2.24) is 15.0 Å². The Morgan fingerprint density at radius 1 is 0.261 bits per heavy atom. The average Bonchev–Trinajstić information content (AvgIpc) is 3.14. The van der Waals surface area contributed by atoms with Crippen LogP contribution in [0, 0.1) is 0 Å². The number of rotatable bonds is 4. The summed E-state index contributed by atoms with van der Waals surface area (Å²) >= 11 is 0. The van der Waals surface area contributed by atoms with Gasteiger partial charge >= 0.3 is 0 Å². The van der Waals surface area contributed by atoms with Gasteiger partial charge in [-0.15, -0.1) is 0 Å². The zero-order valence-electron chi connectivity index (χ0n) is 24.9. The van der Waals surface area contributed by atoms with E-state index in [0.717, 1.165) is 27.5 Å². The minimum Gasteiger partial charge on any atom is -0.208 e. The molecule has 0 spiro atoms. The van der Waals surface area contributed by atoms with Crippen LogP contribution in [0.1, 0.15) is 0 Å². The Morgan fingerprint density at radius 2 is 0.674 bits per heavy atom. The molecule has 9 rings (SSSR count). The first-order valence-electron chi connectivity index (χ1n) is 15.5. The van der Waals surface area contributed by atoms with Gasteiger partial charge in [0.05, 0.1) is 0 Å². The van der Waals surface area contributed by atoms with E-state index in [1.54, 1.807) is 0 Å². The van der Waals surface area contributed by atoms with Gasteiger partial charge < -0.3 is 0 Å². The number of hydrogen-bond donors (Lipinski definition) is 0. The highest BCUT2D eigenvalue weighted by Gasteiger charge is 2.20. The number of aromatic nitrogens is 3. The van der Waals surface area contributed by atoms with E-state index >= 15 is 0 Å². The fraction of sp³-hybridized carbons (Fsp3) is 0. The molecule has 9 aromatic rings. The molecular formula is C43H27N3. The topological polar surface area (TPSA) is 38.7 Å². The standard InChI is InChI=1S/C43H27N3/c1-3-14-30(15-4-1)41-44-42(31-16-5-2-6-17-31)46-43(45-41)40-36-21-11-9-19-34(36)39(35-20-10-12-22-37(35)40)32-26-25-29-24-23-28-13-7-8-18-33(28)38(29)27-32/h1-27H. The van der Waals surface area contributed by atoms with Crippen molar-refractivity contribution in [1.29, 1.82) is 0 Å². The lowest BCUT2D eigenvalue weighted by molar-refractivity contribution is 1.08. The minimum absolute atomic E-state index is 0.656. The highest BCUT2D eigenvalue weighted by atomic mass is 15.0. The molecule has 0 saturated carbocycles. The molecule has 46 heavy (non-hydrogen) atoms. The molecule has 1 heterocycles. The van der Waals surface area contributed by atoms with Crippen molar-refractivity contribution in [3.63, 3.8) is 0 Å². The molecule has 0 N–H and O–H groups in total. The van der Waals surface area contributed by atoms with Crippen LogP contribution in [0.4, 0.5) is 0 Å². The second kappa shape index (κ2) is 10.8. The van der Waals surface area contributed by atoms with Crippen molar-refractivity contribution in [2.24, 2.45) is 0 Å². The third-order valence-corrected chi connectivity index (χ3v) is 8.89. The normalized spacial score (nSPS) is 11.5. The Labute approximate surface area is 266 Å². The number of nitrogens with zero attached hydrogens (tertiary/aromatic N) is 3. The fourth-order valence-electron chi connectivity index (χ4n) is 6.76. The summed E-state index contributed by atoms with van der Waals surface area (Å²) in [6.45, 7) is 0. The first kappa shape index (κ1) is 26.2. The predicted molar refractivity (Wildman–Crippen MR) is 192 cm³/mol. The van der Waals surface area contributed by atoms with E-state index in [-0.39, 0.29) is 0 Å². The monoisotopic (exact) mass is 585 g/mol. The third-order valence-electron chi connectivity index (χ3n) is 8.89. The van der Waals surface area contributed by atoms with Gasteiger partial charge in [0, 0.05) is 16.7 Å². The van der Waals surface area contributed by atoms with Crippen molar-refractivity contribution in [3.05, 3.63) is 164 Å². The van der Waals surface area contributed by atoms with Crippen molar-refractivity contribution in [2.45, 2.75) is 0 Å². The van der Waals surface area contributed by atoms with Gasteiger partial charge in [-0.3, -0.25) is 0 Å². The van der Waals surface area contributed by atoms with Crippen LogP contribution < -0.4 is 0 Å². The Hall–Kier alpha value is -6.19. The van der Waals surface area contributed by atoms with Crippen LogP contribution in [0.15, 0.2) is 164 Å². The molecule has 0 atom stereocenters. The molecule has 1 aromatic heterocycles. The summed E-state index contributed by atoms with van der Waals surface area (Å²) in [5.41, 5.74) is 5.32. The Balaban J connectivity index is 1.36. The summed E-state index contributed by atoms with van der Waals surface area (Å²) in [5.74, 6) is 1.97. The Kier molecular flexibility index (Phi) is 6.14. The molecule has 3 heteroatoms. The first-order valence-corrected chi connectivity index (χ1v) is 15.5. The number of hydrogen-bond acceptors (Lipinski definition) is 3. The van der Waals surface area contributed by atoms with Crippen molar-refractivity contribution in [2.75, 3.05) is 0 Å². The maximum Gasteiger partial charge on any atom is 0.165 e. The van der Waals surface area contributed by atoms with Gasteiger partial charge in [-0.2, -0.15) is 0 Å². The molecule has 0 unspecified atom stereocenters. The summed E-state index contributed by atoms with van der Waals surface area (Å²) in [6, 6.07) is 57.6. The van der Waals surface area contributed by atoms with Gasteiger partial charge in [0.25, 0.3) is 0 Å². The zero-order chi connectivity index (χ0) is 30.5. The van der Waals surface area contributed by atoms with Gasteiger partial charge in [0.15, 0.2) is 17.5 Å². The molecule has 0 radical (unpaired) electrons. The lowest BCUT2D eigenvalue weighted by Gasteiger charge is -2.18. The smallest absolute Gasteiger partial charge is 0.165 e. The Morgan fingerprint density at radius 3 is 1.24 bits per heavy atom. The largest absolute Gasteiger partial charge is 0.208 e. The van der Waals surface area contributed by atoms with Crippen LogP contribution in [0.3, 0.4) is 0 Å². The number of fused-ring (bicyclic) bond motifs is 5. The summed E-state index contributed by atoms with van der Waals surface area (Å²) < 4.78 is 0. The molecule has 214 valence electrons. The zero-order valence-corrected chi connectivity index (χ0v) is 24.9. The van der Waals surface area contributed by atoms with Gasteiger partial charge in [-0.1, -0.05) is 158 Å². The first-order chi connectivity index (χ1) is 22.8. The highest BCUT2D eigenvalue weighted by molar-refractivity contribution is 6.21. The van der Waals surface area contributed by atoms with Crippen molar-refractivity contribution < 1.29 is 0 Å². The molecule has 0 bridgehead atoms. The van der Waals surface area contributed by atoms with Crippen molar-refractivity contribution in [3.8, 4) is 45.3 Å². The molecule has 0 amide bonds. The van der Waals surface area contributed by atoms with Crippen LogP contribution in [-0.4, -0.2) is 15.0 Å². The molecule has 0 fully saturated rings.